The van der Waals surface area contributed by atoms with Crippen molar-refractivity contribution in [2.24, 2.45) is 0 Å². The molecule has 0 aliphatic carbocycles. The van der Waals surface area contributed by atoms with Crippen molar-refractivity contribution in [2.75, 3.05) is 13.7 Å². The van der Waals surface area contributed by atoms with Crippen molar-refractivity contribution in [1.29, 1.82) is 0 Å². The van der Waals surface area contributed by atoms with Crippen LogP contribution in [0.3, 0.4) is 0 Å². The number of ether oxygens (including phenoxy) is 2. The van der Waals surface area contributed by atoms with Crippen LogP contribution in [0.5, 0.6) is 11.5 Å². The van der Waals surface area contributed by atoms with Gasteiger partial charge in [0.05, 0.1) is 13.7 Å². The van der Waals surface area contributed by atoms with Crippen LogP contribution >= 0.6 is 31.9 Å². The zero-order valence-corrected chi connectivity index (χ0v) is 20.7. The van der Waals surface area contributed by atoms with E-state index in [-0.39, 0.29) is 11.8 Å². The summed E-state index contributed by atoms with van der Waals surface area (Å²) in [5.41, 5.74) is 1.57. The molecule has 3 rings (SSSR count). The van der Waals surface area contributed by atoms with Crippen LogP contribution in [0, 0.1) is 0 Å². The molecule has 0 fully saturated rings. The van der Waals surface area contributed by atoms with Gasteiger partial charge in [-0.25, -0.2) is 0 Å². The number of carbonyl (C=O) groups is 2. The highest BCUT2D eigenvalue weighted by Gasteiger charge is 2.21. The van der Waals surface area contributed by atoms with Crippen molar-refractivity contribution >= 4 is 43.7 Å². The van der Waals surface area contributed by atoms with E-state index in [0.717, 1.165) is 8.95 Å². The van der Waals surface area contributed by atoms with E-state index in [0.29, 0.717) is 34.8 Å². The quantitative estimate of drug-likeness (QED) is 0.357. The molecule has 8 heteroatoms. The standard InChI is InChI=1S/C24H22Br2N2O4/c1-3-32-20-13-8-17(14-21(20)31-2)22(27-23(29)15-4-9-18(25)10-5-15)28-24(30)16-6-11-19(26)12-7-16/h4-14,22H,3H2,1-2H3,(H,27,29)(H,28,30). The highest BCUT2D eigenvalue weighted by Crippen LogP contribution is 2.30. The third kappa shape index (κ3) is 6.11. The van der Waals surface area contributed by atoms with Crippen LogP contribution in [0.1, 0.15) is 39.4 Å². The molecule has 3 aromatic carbocycles. The lowest BCUT2D eigenvalue weighted by molar-refractivity contribution is 0.0883. The topological polar surface area (TPSA) is 76.7 Å². The van der Waals surface area contributed by atoms with Crippen LogP contribution in [0.2, 0.25) is 0 Å². The lowest BCUT2D eigenvalue weighted by atomic mass is 10.1. The highest BCUT2D eigenvalue weighted by atomic mass is 79.9. The predicted octanol–water partition coefficient (Wildman–Crippen LogP) is 5.48. The molecule has 0 saturated heterocycles. The molecule has 0 radical (unpaired) electrons. The van der Waals surface area contributed by atoms with Gasteiger partial charge in [0.15, 0.2) is 11.5 Å². The smallest absolute Gasteiger partial charge is 0.253 e. The van der Waals surface area contributed by atoms with Gasteiger partial charge >= 0.3 is 0 Å². The summed E-state index contributed by atoms with van der Waals surface area (Å²) in [6.07, 6.45) is -0.799. The molecule has 0 aromatic heterocycles. The molecule has 2 amide bonds. The fourth-order valence-corrected chi connectivity index (χ4v) is 3.50. The number of methoxy groups -OCH3 is 1. The Kier molecular flexibility index (Phi) is 8.30. The van der Waals surface area contributed by atoms with Gasteiger partial charge in [-0.1, -0.05) is 37.9 Å². The van der Waals surface area contributed by atoms with Gasteiger partial charge in [0.2, 0.25) is 0 Å². The second kappa shape index (κ2) is 11.2. The third-order valence-corrected chi connectivity index (χ3v) is 5.64. The van der Waals surface area contributed by atoms with Gasteiger partial charge in [-0.15, -0.1) is 0 Å². The van der Waals surface area contributed by atoms with Gasteiger partial charge in [-0.3, -0.25) is 9.59 Å². The maximum atomic E-state index is 12.9. The summed E-state index contributed by atoms with van der Waals surface area (Å²) in [6, 6.07) is 19.2. The van der Waals surface area contributed by atoms with E-state index in [1.54, 1.807) is 66.7 Å². The highest BCUT2D eigenvalue weighted by molar-refractivity contribution is 9.10. The van der Waals surface area contributed by atoms with Crippen LogP contribution < -0.4 is 20.1 Å². The van der Waals surface area contributed by atoms with Crippen molar-refractivity contribution in [3.63, 3.8) is 0 Å². The van der Waals surface area contributed by atoms with Gasteiger partial charge in [0.1, 0.15) is 6.17 Å². The van der Waals surface area contributed by atoms with Crippen molar-refractivity contribution in [2.45, 2.75) is 13.1 Å². The molecule has 0 heterocycles. The van der Waals surface area contributed by atoms with Crippen LogP contribution in [-0.2, 0) is 0 Å². The first kappa shape index (κ1) is 23.8. The zero-order valence-electron chi connectivity index (χ0n) is 17.5. The first-order valence-corrected chi connectivity index (χ1v) is 11.4. The second-order valence-electron chi connectivity index (χ2n) is 6.74. The summed E-state index contributed by atoms with van der Waals surface area (Å²) >= 11 is 6.73. The Balaban J connectivity index is 1.91. The molecule has 0 bridgehead atoms. The average Bonchev–Trinajstić information content (AvgIpc) is 2.80. The summed E-state index contributed by atoms with van der Waals surface area (Å²) in [5, 5.41) is 5.78. The minimum Gasteiger partial charge on any atom is -0.493 e. The number of nitrogens with one attached hydrogen (secondary N) is 2. The lowest BCUT2D eigenvalue weighted by Crippen LogP contribution is -2.41. The number of halogens is 2. The second-order valence-corrected chi connectivity index (χ2v) is 8.57. The molecule has 0 aliphatic heterocycles. The summed E-state index contributed by atoms with van der Waals surface area (Å²) in [4.78, 5) is 25.8. The van der Waals surface area contributed by atoms with E-state index < -0.39 is 6.17 Å². The molecule has 0 spiro atoms. The normalized spacial score (nSPS) is 10.5. The number of carbonyl (C=O) groups excluding carboxylic acids is 2. The summed E-state index contributed by atoms with van der Waals surface area (Å²) in [5.74, 6) is 0.430. The van der Waals surface area contributed by atoms with E-state index >= 15 is 0 Å². The summed E-state index contributed by atoms with van der Waals surface area (Å²) in [6.45, 7) is 2.37. The number of hydrogen-bond acceptors (Lipinski definition) is 4. The molecule has 0 aliphatic rings. The minimum absolute atomic E-state index is 0.327. The first-order valence-electron chi connectivity index (χ1n) is 9.85. The predicted molar refractivity (Wildman–Crippen MR) is 130 cm³/mol. The van der Waals surface area contributed by atoms with Gasteiger partial charge < -0.3 is 20.1 Å². The van der Waals surface area contributed by atoms with Gasteiger partial charge in [0.25, 0.3) is 11.8 Å². The number of benzene rings is 3. The van der Waals surface area contributed by atoms with Gasteiger partial charge in [-0.05, 0) is 73.2 Å². The van der Waals surface area contributed by atoms with E-state index in [2.05, 4.69) is 42.5 Å². The van der Waals surface area contributed by atoms with Crippen molar-refractivity contribution < 1.29 is 19.1 Å². The number of amides is 2. The molecule has 2 N–H and O–H groups in total. The zero-order chi connectivity index (χ0) is 23.1. The summed E-state index contributed by atoms with van der Waals surface area (Å²) in [7, 11) is 1.54. The Morgan fingerprint density at radius 2 is 1.31 bits per heavy atom. The van der Waals surface area contributed by atoms with Crippen molar-refractivity contribution in [3.05, 3.63) is 92.4 Å². The fourth-order valence-electron chi connectivity index (χ4n) is 2.97. The monoisotopic (exact) mass is 560 g/mol. The van der Waals surface area contributed by atoms with Crippen molar-refractivity contribution in [3.8, 4) is 11.5 Å². The lowest BCUT2D eigenvalue weighted by Gasteiger charge is -2.22. The largest absolute Gasteiger partial charge is 0.493 e. The molecular weight excluding hydrogens is 540 g/mol. The molecule has 3 aromatic rings. The maximum absolute atomic E-state index is 12.9. The molecule has 0 unspecified atom stereocenters. The van der Waals surface area contributed by atoms with Crippen LogP contribution in [0.15, 0.2) is 75.7 Å². The molecule has 0 atom stereocenters. The minimum atomic E-state index is -0.799. The van der Waals surface area contributed by atoms with Crippen LogP contribution in [0.25, 0.3) is 0 Å². The third-order valence-electron chi connectivity index (χ3n) is 4.58. The molecular formula is C24H22Br2N2O4. The van der Waals surface area contributed by atoms with E-state index in [1.807, 2.05) is 6.92 Å². The maximum Gasteiger partial charge on any atom is 0.253 e. The number of rotatable bonds is 8. The van der Waals surface area contributed by atoms with Gasteiger partial charge in [0, 0.05) is 20.1 Å². The Labute approximate surface area is 203 Å². The van der Waals surface area contributed by atoms with Crippen molar-refractivity contribution in [1.82, 2.24) is 10.6 Å². The van der Waals surface area contributed by atoms with Gasteiger partial charge in [-0.2, -0.15) is 0 Å². The Hall–Kier alpha value is -2.84. The molecule has 32 heavy (non-hydrogen) atoms. The SMILES string of the molecule is CCOc1ccc(C(NC(=O)c2ccc(Br)cc2)NC(=O)c2ccc(Br)cc2)cc1OC. The Morgan fingerprint density at radius 3 is 1.75 bits per heavy atom. The summed E-state index contributed by atoms with van der Waals surface area (Å²) < 4.78 is 12.7. The fraction of sp³-hybridized carbons (Fsp3) is 0.167. The molecule has 166 valence electrons. The molecule has 0 saturated carbocycles. The Morgan fingerprint density at radius 1 is 0.812 bits per heavy atom. The molecule has 6 nitrogen and oxygen atoms in total. The Bertz CT molecular complexity index is 1030. The average molecular weight is 562 g/mol. The van der Waals surface area contributed by atoms with Crippen LogP contribution in [-0.4, -0.2) is 25.5 Å². The van der Waals surface area contributed by atoms with E-state index in [4.69, 9.17) is 9.47 Å². The first-order chi connectivity index (χ1) is 15.4. The van der Waals surface area contributed by atoms with E-state index in [9.17, 15) is 9.59 Å². The van der Waals surface area contributed by atoms with E-state index in [1.165, 1.54) is 7.11 Å². The number of hydrogen-bond donors (Lipinski definition) is 2. The van der Waals surface area contributed by atoms with Crippen LogP contribution in [0.4, 0.5) is 0 Å².